The fourth-order valence-electron chi connectivity index (χ4n) is 4.15. The van der Waals surface area contributed by atoms with Crippen molar-refractivity contribution < 1.29 is 36.6 Å². The zero-order valence-electron chi connectivity index (χ0n) is 19.4. The Morgan fingerprint density at radius 2 is 1.82 bits per heavy atom. The van der Waals surface area contributed by atoms with Crippen molar-refractivity contribution in [2.75, 3.05) is 5.32 Å². The first-order valence-electron chi connectivity index (χ1n) is 10.9. The van der Waals surface area contributed by atoms with E-state index >= 15 is 0 Å². The minimum atomic E-state index is -4.93. The number of halogens is 6. The standard InChI is InChI=1S/C26H17ClF5N3O3/c1-25(38,4-5-33)13-9-18-21(22(35-24(18)37)17-11-15(28)2-3-19(17)27)20(10-13)34-23(36)12-6-14(26(30,31)32)8-16(29)7-12/h2-3,6-11,22,38H,4H2,1H3,(H,34,36)(H,35,37). The highest BCUT2D eigenvalue weighted by Crippen LogP contribution is 2.42. The number of benzene rings is 3. The monoisotopic (exact) mass is 549 g/mol. The Labute approximate surface area is 217 Å². The van der Waals surface area contributed by atoms with Crippen molar-refractivity contribution in [2.24, 2.45) is 0 Å². The van der Waals surface area contributed by atoms with Crippen LogP contribution >= 0.6 is 11.6 Å². The predicted octanol–water partition coefficient (Wildman–Crippen LogP) is 5.84. The fraction of sp³-hybridized carbons (Fsp3) is 0.192. The fourth-order valence-corrected chi connectivity index (χ4v) is 4.38. The first kappa shape index (κ1) is 27.0. The number of hydrogen-bond donors (Lipinski definition) is 3. The molecule has 1 heterocycles. The minimum absolute atomic E-state index is 0.0319. The second-order valence-electron chi connectivity index (χ2n) is 8.85. The molecule has 0 aromatic heterocycles. The molecule has 3 N–H and O–H groups in total. The summed E-state index contributed by atoms with van der Waals surface area (Å²) >= 11 is 6.24. The number of fused-ring (bicyclic) bond motifs is 1. The number of aliphatic hydroxyl groups is 1. The molecule has 0 aliphatic carbocycles. The Morgan fingerprint density at radius 3 is 2.47 bits per heavy atom. The van der Waals surface area contributed by atoms with Gasteiger partial charge in [-0.25, -0.2) is 8.78 Å². The van der Waals surface area contributed by atoms with E-state index in [0.29, 0.717) is 12.1 Å². The van der Waals surface area contributed by atoms with Crippen molar-refractivity contribution >= 4 is 29.1 Å². The summed E-state index contributed by atoms with van der Waals surface area (Å²) in [7, 11) is 0. The molecule has 0 saturated carbocycles. The Kier molecular flexibility index (Phi) is 6.90. The highest BCUT2D eigenvalue weighted by Gasteiger charge is 2.37. The summed E-state index contributed by atoms with van der Waals surface area (Å²) in [6.45, 7) is 1.29. The second-order valence-corrected chi connectivity index (χ2v) is 9.25. The molecule has 3 aromatic carbocycles. The lowest BCUT2D eigenvalue weighted by molar-refractivity contribution is -0.137. The summed E-state index contributed by atoms with van der Waals surface area (Å²) in [4.78, 5) is 25.9. The third-order valence-electron chi connectivity index (χ3n) is 6.04. The Morgan fingerprint density at radius 1 is 1.11 bits per heavy atom. The molecular weight excluding hydrogens is 533 g/mol. The van der Waals surface area contributed by atoms with Gasteiger partial charge in [-0.05, 0) is 61.0 Å². The summed E-state index contributed by atoms with van der Waals surface area (Å²) in [6.07, 6.45) is -5.33. The van der Waals surface area contributed by atoms with Gasteiger partial charge in [0, 0.05) is 33.0 Å². The van der Waals surface area contributed by atoms with Crippen molar-refractivity contribution in [3.8, 4) is 6.07 Å². The molecule has 6 nitrogen and oxygen atoms in total. The van der Waals surface area contributed by atoms with Gasteiger partial charge in [0.25, 0.3) is 11.8 Å². The molecule has 1 aliphatic heterocycles. The van der Waals surface area contributed by atoms with Gasteiger partial charge in [0.05, 0.1) is 29.7 Å². The van der Waals surface area contributed by atoms with Gasteiger partial charge in [-0.2, -0.15) is 18.4 Å². The van der Waals surface area contributed by atoms with Crippen LogP contribution < -0.4 is 10.6 Å². The van der Waals surface area contributed by atoms with Gasteiger partial charge in [-0.1, -0.05) is 11.6 Å². The van der Waals surface area contributed by atoms with E-state index in [0.717, 1.165) is 12.1 Å². The molecule has 1 aliphatic rings. The van der Waals surface area contributed by atoms with Crippen LogP contribution in [-0.4, -0.2) is 16.9 Å². The molecule has 2 unspecified atom stereocenters. The largest absolute Gasteiger partial charge is 0.416 e. The zero-order chi connectivity index (χ0) is 28.0. The summed E-state index contributed by atoms with van der Waals surface area (Å²) in [5.41, 5.74) is -3.82. The van der Waals surface area contributed by atoms with E-state index in [1.54, 1.807) is 6.07 Å². The molecule has 2 amide bonds. The van der Waals surface area contributed by atoms with Crippen LogP contribution in [0.25, 0.3) is 0 Å². The van der Waals surface area contributed by atoms with Crippen LogP contribution in [0, 0.1) is 23.0 Å². The molecule has 0 spiro atoms. The number of amides is 2. The quantitative estimate of drug-likeness (QED) is 0.348. The molecule has 4 rings (SSSR count). The van der Waals surface area contributed by atoms with Crippen LogP contribution in [0.4, 0.5) is 27.6 Å². The maximum Gasteiger partial charge on any atom is 0.416 e. The van der Waals surface area contributed by atoms with E-state index in [1.807, 2.05) is 0 Å². The zero-order valence-corrected chi connectivity index (χ0v) is 20.1. The first-order valence-corrected chi connectivity index (χ1v) is 11.3. The van der Waals surface area contributed by atoms with Crippen molar-refractivity contribution in [1.82, 2.24) is 5.32 Å². The molecule has 3 aromatic rings. The molecular formula is C26H17ClF5N3O3. The van der Waals surface area contributed by atoms with Gasteiger partial charge in [0.15, 0.2) is 0 Å². The molecule has 2 atom stereocenters. The van der Waals surface area contributed by atoms with Gasteiger partial charge in [0.1, 0.15) is 11.6 Å². The summed E-state index contributed by atoms with van der Waals surface area (Å²) in [6, 6.07) is 7.94. The van der Waals surface area contributed by atoms with Crippen molar-refractivity contribution in [3.05, 3.63) is 98.6 Å². The number of anilines is 1. The van der Waals surface area contributed by atoms with Crippen molar-refractivity contribution in [2.45, 2.75) is 31.2 Å². The number of nitrogens with one attached hydrogen (secondary N) is 2. The van der Waals surface area contributed by atoms with E-state index in [1.165, 1.54) is 25.1 Å². The van der Waals surface area contributed by atoms with E-state index < -0.39 is 58.8 Å². The summed E-state index contributed by atoms with van der Waals surface area (Å²) in [5, 5.41) is 25.0. The highest BCUT2D eigenvalue weighted by atomic mass is 35.5. The van der Waals surface area contributed by atoms with Gasteiger partial charge in [0.2, 0.25) is 0 Å². The van der Waals surface area contributed by atoms with Gasteiger partial charge >= 0.3 is 6.18 Å². The molecule has 0 fully saturated rings. The van der Waals surface area contributed by atoms with Crippen LogP contribution in [0.1, 0.15) is 62.4 Å². The summed E-state index contributed by atoms with van der Waals surface area (Å²) in [5.74, 6) is -3.81. The number of nitriles is 1. The Hall–Kier alpha value is -4.01. The van der Waals surface area contributed by atoms with Crippen molar-refractivity contribution in [1.29, 1.82) is 5.26 Å². The maximum atomic E-state index is 14.1. The number of alkyl halides is 3. The normalized spacial score (nSPS) is 16.3. The number of rotatable bonds is 5. The number of carbonyl (C=O) groups is 2. The average Bonchev–Trinajstić information content (AvgIpc) is 3.16. The Balaban J connectivity index is 1.88. The van der Waals surface area contributed by atoms with E-state index in [9.17, 15) is 36.6 Å². The van der Waals surface area contributed by atoms with E-state index in [-0.39, 0.29) is 39.0 Å². The maximum absolute atomic E-state index is 14.1. The third kappa shape index (κ3) is 5.18. The lowest BCUT2D eigenvalue weighted by Gasteiger charge is -2.24. The molecule has 0 bridgehead atoms. The van der Waals surface area contributed by atoms with Crippen LogP contribution in [0.2, 0.25) is 5.02 Å². The third-order valence-corrected chi connectivity index (χ3v) is 6.38. The van der Waals surface area contributed by atoms with Crippen molar-refractivity contribution in [3.63, 3.8) is 0 Å². The lowest BCUT2D eigenvalue weighted by Crippen LogP contribution is -2.22. The average molecular weight is 550 g/mol. The summed E-state index contributed by atoms with van der Waals surface area (Å²) < 4.78 is 67.6. The number of hydrogen-bond acceptors (Lipinski definition) is 4. The Bertz CT molecular complexity index is 1520. The topological polar surface area (TPSA) is 102 Å². The number of nitrogens with zero attached hydrogens (tertiary/aromatic N) is 1. The molecule has 12 heteroatoms. The smallest absolute Gasteiger partial charge is 0.384 e. The van der Waals surface area contributed by atoms with Gasteiger partial charge in [-0.15, -0.1) is 0 Å². The van der Waals surface area contributed by atoms with Crippen LogP contribution in [-0.2, 0) is 11.8 Å². The van der Waals surface area contributed by atoms with E-state index in [2.05, 4.69) is 10.6 Å². The van der Waals surface area contributed by atoms with Crippen LogP contribution in [0.15, 0.2) is 48.5 Å². The number of carbonyl (C=O) groups excluding carboxylic acids is 2. The first-order chi connectivity index (χ1) is 17.7. The predicted molar refractivity (Wildman–Crippen MR) is 126 cm³/mol. The lowest BCUT2D eigenvalue weighted by atomic mass is 9.87. The van der Waals surface area contributed by atoms with Gasteiger partial charge < -0.3 is 15.7 Å². The SMILES string of the molecule is CC(O)(CC#N)c1cc(NC(=O)c2cc(F)cc(C(F)(F)F)c2)c2c(c1)C(=O)NC2c1cc(F)ccc1Cl. The molecule has 0 radical (unpaired) electrons. The van der Waals surface area contributed by atoms with Crippen LogP contribution in [0.3, 0.4) is 0 Å². The van der Waals surface area contributed by atoms with E-state index in [4.69, 9.17) is 16.9 Å². The molecule has 38 heavy (non-hydrogen) atoms. The molecule has 196 valence electrons. The molecule has 0 saturated heterocycles. The highest BCUT2D eigenvalue weighted by molar-refractivity contribution is 6.31. The minimum Gasteiger partial charge on any atom is -0.384 e. The second kappa shape index (κ2) is 9.70. The van der Waals surface area contributed by atoms with Gasteiger partial charge in [-0.3, -0.25) is 9.59 Å². The van der Waals surface area contributed by atoms with Crippen LogP contribution in [0.5, 0.6) is 0 Å².